The molecule has 0 radical (unpaired) electrons. The summed E-state index contributed by atoms with van der Waals surface area (Å²) in [4.78, 5) is 28.9. The van der Waals surface area contributed by atoms with E-state index < -0.39 is 5.82 Å². The average molecular weight is 546 g/mol. The molecule has 2 saturated heterocycles. The van der Waals surface area contributed by atoms with E-state index in [1.54, 1.807) is 6.07 Å². The van der Waals surface area contributed by atoms with Crippen LogP contribution >= 0.6 is 0 Å². The van der Waals surface area contributed by atoms with Crippen molar-refractivity contribution in [2.75, 3.05) is 49.1 Å². The summed E-state index contributed by atoms with van der Waals surface area (Å²) in [7, 11) is 0. The van der Waals surface area contributed by atoms with Crippen LogP contribution in [-0.4, -0.2) is 71.3 Å². The molecule has 1 amide bonds. The van der Waals surface area contributed by atoms with Crippen molar-refractivity contribution in [1.29, 1.82) is 0 Å². The van der Waals surface area contributed by atoms with Gasteiger partial charge in [-0.3, -0.25) is 4.79 Å². The van der Waals surface area contributed by atoms with Crippen molar-refractivity contribution in [3.05, 3.63) is 81.9 Å². The highest BCUT2D eigenvalue weighted by atomic mass is 19.1. The van der Waals surface area contributed by atoms with Crippen LogP contribution in [0.2, 0.25) is 0 Å². The second kappa shape index (κ2) is 11.9. The molecule has 3 aromatic rings. The van der Waals surface area contributed by atoms with E-state index in [0.29, 0.717) is 31.4 Å². The maximum atomic E-state index is 13.9. The van der Waals surface area contributed by atoms with E-state index in [1.165, 1.54) is 29.0 Å². The summed E-state index contributed by atoms with van der Waals surface area (Å²) in [6.07, 6.45) is 6.29. The Morgan fingerprint density at radius 2 is 1.68 bits per heavy atom. The number of anilines is 2. The zero-order valence-electron chi connectivity index (χ0n) is 24.0. The van der Waals surface area contributed by atoms with Crippen molar-refractivity contribution >= 4 is 17.5 Å². The number of carbonyl (C=O) groups is 1. The lowest BCUT2D eigenvalue weighted by Crippen LogP contribution is -2.56. The Hall–Kier alpha value is -3.52. The molecular formula is C32H40FN5O2. The molecule has 0 bridgehead atoms. The minimum atomic E-state index is -0.395. The number of pyridine rings is 2. The summed E-state index contributed by atoms with van der Waals surface area (Å²) < 4.78 is 13.4. The van der Waals surface area contributed by atoms with E-state index in [2.05, 4.69) is 53.8 Å². The van der Waals surface area contributed by atoms with Gasteiger partial charge in [-0.1, -0.05) is 12.1 Å². The Kier molecular flexibility index (Phi) is 8.35. The van der Waals surface area contributed by atoms with Crippen molar-refractivity contribution in [3.63, 3.8) is 0 Å². The minimum Gasteiger partial charge on any atom is -0.394 e. The summed E-state index contributed by atoms with van der Waals surface area (Å²) in [5, 5.41) is 10.1. The average Bonchev–Trinajstić information content (AvgIpc) is 2.96. The van der Waals surface area contributed by atoms with Crippen molar-refractivity contribution in [3.8, 4) is 0 Å². The van der Waals surface area contributed by atoms with Gasteiger partial charge in [0.05, 0.1) is 18.8 Å². The number of halogens is 1. The molecule has 1 N–H and O–H groups in total. The van der Waals surface area contributed by atoms with Crippen LogP contribution in [0.3, 0.4) is 0 Å². The van der Waals surface area contributed by atoms with Gasteiger partial charge in [-0.25, -0.2) is 14.4 Å². The van der Waals surface area contributed by atoms with Crippen LogP contribution in [0.4, 0.5) is 16.0 Å². The highest BCUT2D eigenvalue weighted by molar-refractivity contribution is 5.97. The van der Waals surface area contributed by atoms with Crippen LogP contribution in [0.1, 0.15) is 51.0 Å². The van der Waals surface area contributed by atoms with Crippen LogP contribution in [0.15, 0.2) is 42.7 Å². The molecule has 8 heteroatoms. The number of piperazine rings is 1. The lowest BCUT2D eigenvalue weighted by atomic mass is 9.84. The predicted octanol–water partition coefficient (Wildman–Crippen LogP) is 4.63. The quantitative estimate of drug-likeness (QED) is 0.487. The highest BCUT2D eigenvalue weighted by Crippen LogP contribution is 2.31. The van der Waals surface area contributed by atoms with E-state index in [-0.39, 0.29) is 18.6 Å². The fraction of sp³-hybridized carbons (Fsp3) is 0.469. The van der Waals surface area contributed by atoms with Gasteiger partial charge in [0.15, 0.2) is 0 Å². The number of nitrogens with zero attached hydrogens (tertiary/aromatic N) is 5. The van der Waals surface area contributed by atoms with E-state index in [1.807, 2.05) is 22.9 Å². The Bertz CT molecular complexity index is 1340. The highest BCUT2D eigenvalue weighted by Gasteiger charge is 2.32. The number of rotatable bonds is 6. The normalized spacial score (nSPS) is 18.4. The van der Waals surface area contributed by atoms with E-state index in [0.717, 1.165) is 54.9 Å². The third-order valence-electron chi connectivity index (χ3n) is 8.66. The van der Waals surface area contributed by atoms with Crippen LogP contribution in [-0.2, 0) is 6.42 Å². The molecule has 1 atom stereocenters. The number of carbonyl (C=O) groups excluding carboxylic acids is 1. The lowest BCUT2D eigenvalue weighted by Gasteiger charge is -2.41. The molecule has 1 aromatic carbocycles. The summed E-state index contributed by atoms with van der Waals surface area (Å²) in [6, 6.07) is 9.08. The first-order valence-electron chi connectivity index (χ1n) is 14.3. The SMILES string of the molecule is Cc1ccc(N2CCC(Cc3c(C)cc(C)c(C(=O)N4CCN(c5ccc(F)cn5)[C@H](CO)C4)c3C)CC2)nc1. The Morgan fingerprint density at radius 3 is 2.33 bits per heavy atom. The van der Waals surface area contributed by atoms with Gasteiger partial charge >= 0.3 is 0 Å². The number of hydrogen-bond donors (Lipinski definition) is 1. The number of aliphatic hydroxyl groups excluding tert-OH is 1. The third kappa shape index (κ3) is 5.82. The molecule has 0 aliphatic carbocycles. The van der Waals surface area contributed by atoms with Gasteiger partial charge < -0.3 is 19.8 Å². The van der Waals surface area contributed by atoms with Gasteiger partial charge in [0, 0.05) is 44.5 Å². The second-order valence-corrected chi connectivity index (χ2v) is 11.4. The number of aliphatic hydroxyl groups is 1. The summed E-state index contributed by atoms with van der Waals surface area (Å²) in [6.45, 7) is 11.6. The fourth-order valence-electron chi connectivity index (χ4n) is 6.37. The first-order valence-corrected chi connectivity index (χ1v) is 14.3. The number of benzene rings is 1. The molecule has 7 nitrogen and oxygen atoms in total. The summed E-state index contributed by atoms with van der Waals surface area (Å²) in [5.74, 6) is 1.85. The first kappa shape index (κ1) is 28.0. The van der Waals surface area contributed by atoms with E-state index >= 15 is 0 Å². The van der Waals surface area contributed by atoms with Crippen LogP contribution < -0.4 is 9.80 Å². The standard InChI is InChI=1S/C32H40FN5O2/c1-21-5-7-29(34-17-21)36-11-9-25(10-12-36)16-28-22(2)15-23(3)31(24(28)4)32(40)37-13-14-38(27(19-37)20-39)30-8-6-26(33)18-35-30/h5-8,15,17-18,25,27,39H,9-14,16,19-20H2,1-4H3/t27-/m0/s1. The van der Waals surface area contributed by atoms with Gasteiger partial charge in [0.25, 0.3) is 5.91 Å². The molecule has 40 heavy (non-hydrogen) atoms. The molecular weight excluding hydrogens is 505 g/mol. The zero-order chi connectivity index (χ0) is 28.4. The number of hydrogen-bond acceptors (Lipinski definition) is 6. The molecule has 4 heterocycles. The monoisotopic (exact) mass is 545 g/mol. The molecule has 2 aliphatic heterocycles. The van der Waals surface area contributed by atoms with Gasteiger partial charge in [0.2, 0.25) is 0 Å². The molecule has 2 aromatic heterocycles. The minimum absolute atomic E-state index is 0.0154. The maximum Gasteiger partial charge on any atom is 0.254 e. The Balaban J connectivity index is 1.28. The predicted molar refractivity (Wildman–Crippen MR) is 157 cm³/mol. The number of amides is 1. The van der Waals surface area contributed by atoms with Crippen LogP contribution in [0.5, 0.6) is 0 Å². The van der Waals surface area contributed by atoms with Gasteiger partial charge in [0.1, 0.15) is 17.5 Å². The summed E-state index contributed by atoms with van der Waals surface area (Å²) >= 11 is 0. The zero-order valence-corrected chi connectivity index (χ0v) is 24.0. The van der Waals surface area contributed by atoms with Gasteiger partial charge in [-0.05, 0) is 98.9 Å². The largest absolute Gasteiger partial charge is 0.394 e. The van der Waals surface area contributed by atoms with Crippen molar-refractivity contribution < 1.29 is 14.3 Å². The number of aryl methyl sites for hydroxylation is 3. The topological polar surface area (TPSA) is 72.8 Å². The molecule has 5 rings (SSSR count). The molecule has 0 saturated carbocycles. The number of piperidine rings is 1. The van der Waals surface area contributed by atoms with Crippen LogP contribution in [0, 0.1) is 39.4 Å². The smallest absolute Gasteiger partial charge is 0.254 e. The first-order chi connectivity index (χ1) is 19.2. The molecule has 0 unspecified atom stereocenters. The molecule has 212 valence electrons. The number of aromatic nitrogens is 2. The van der Waals surface area contributed by atoms with E-state index in [9.17, 15) is 14.3 Å². The Morgan fingerprint density at radius 1 is 0.950 bits per heavy atom. The molecule has 0 spiro atoms. The van der Waals surface area contributed by atoms with Crippen molar-refractivity contribution in [2.24, 2.45) is 5.92 Å². The maximum absolute atomic E-state index is 13.9. The lowest BCUT2D eigenvalue weighted by molar-refractivity contribution is 0.0697. The Labute approximate surface area is 236 Å². The fourth-order valence-corrected chi connectivity index (χ4v) is 6.37. The molecule has 2 aliphatic rings. The molecule has 2 fully saturated rings. The van der Waals surface area contributed by atoms with Crippen LogP contribution in [0.25, 0.3) is 0 Å². The van der Waals surface area contributed by atoms with Gasteiger partial charge in [-0.15, -0.1) is 0 Å². The van der Waals surface area contributed by atoms with Crippen molar-refractivity contribution in [2.45, 2.75) is 53.0 Å². The van der Waals surface area contributed by atoms with Crippen molar-refractivity contribution in [1.82, 2.24) is 14.9 Å². The van der Waals surface area contributed by atoms with Gasteiger partial charge in [-0.2, -0.15) is 0 Å². The summed E-state index contributed by atoms with van der Waals surface area (Å²) in [5.41, 5.74) is 6.56. The van der Waals surface area contributed by atoms with E-state index in [4.69, 9.17) is 0 Å². The second-order valence-electron chi connectivity index (χ2n) is 11.4. The third-order valence-corrected chi connectivity index (χ3v) is 8.66.